The minimum atomic E-state index is 0.154. The summed E-state index contributed by atoms with van der Waals surface area (Å²) in [5.41, 5.74) is 3.69. The molecule has 2 nitrogen and oxygen atoms in total. The Labute approximate surface area is 148 Å². The lowest BCUT2D eigenvalue weighted by Gasteiger charge is -2.30. The van der Waals surface area contributed by atoms with Gasteiger partial charge in [-0.2, -0.15) is 0 Å². The van der Waals surface area contributed by atoms with Crippen molar-refractivity contribution in [3.63, 3.8) is 0 Å². The van der Waals surface area contributed by atoms with E-state index in [-0.39, 0.29) is 22.2 Å². The molecule has 2 aliphatic heterocycles. The largest absolute Gasteiger partial charge is 0.306 e. The Balaban J connectivity index is 1.85. The third-order valence-electron chi connectivity index (χ3n) is 6.23. The average molecular weight is 329 g/mol. The molecule has 0 bridgehead atoms. The second-order valence-electron chi connectivity index (χ2n) is 10.6. The minimum absolute atomic E-state index is 0.154. The molecule has 0 saturated carbocycles. The zero-order valence-corrected chi connectivity index (χ0v) is 16.9. The van der Waals surface area contributed by atoms with Crippen LogP contribution in [0.15, 0.2) is 24.3 Å². The normalized spacial score (nSPS) is 32.8. The van der Waals surface area contributed by atoms with Crippen LogP contribution in [0.4, 0.5) is 0 Å². The van der Waals surface area contributed by atoms with E-state index in [0.29, 0.717) is 11.8 Å². The molecule has 2 saturated heterocycles. The van der Waals surface area contributed by atoms with Gasteiger partial charge in [0, 0.05) is 34.0 Å². The Kier molecular flexibility index (Phi) is 3.98. The standard InChI is InChI=1S/C22H36N2/c1-19(2)13-17(21(5,6)23-19)15-9-11-16(12-10-15)18-14-20(3,4)24-22(18,7)8/h9-12,17-18,23-24H,13-14H2,1-8H3. The van der Waals surface area contributed by atoms with Gasteiger partial charge in [0.05, 0.1) is 0 Å². The molecule has 0 aliphatic carbocycles. The highest BCUT2D eigenvalue weighted by atomic mass is 15.1. The first-order chi connectivity index (χ1) is 10.8. The molecule has 2 heterocycles. The van der Waals surface area contributed by atoms with Gasteiger partial charge in [-0.05, 0) is 79.4 Å². The minimum Gasteiger partial charge on any atom is -0.306 e. The third-order valence-corrected chi connectivity index (χ3v) is 6.23. The highest BCUT2D eigenvalue weighted by Gasteiger charge is 2.46. The molecule has 1 aromatic rings. The smallest absolute Gasteiger partial charge is 0.0199 e. The predicted molar refractivity (Wildman–Crippen MR) is 104 cm³/mol. The monoisotopic (exact) mass is 328 g/mol. The van der Waals surface area contributed by atoms with Gasteiger partial charge in [-0.15, -0.1) is 0 Å². The molecular formula is C22H36N2. The Hall–Kier alpha value is -0.860. The summed E-state index contributed by atoms with van der Waals surface area (Å²) >= 11 is 0. The van der Waals surface area contributed by atoms with Gasteiger partial charge >= 0.3 is 0 Å². The van der Waals surface area contributed by atoms with Crippen LogP contribution in [0.5, 0.6) is 0 Å². The van der Waals surface area contributed by atoms with E-state index in [2.05, 4.69) is 90.3 Å². The lowest BCUT2D eigenvalue weighted by atomic mass is 9.78. The quantitative estimate of drug-likeness (QED) is 0.802. The summed E-state index contributed by atoms with van der Waals surface area (Å²) in [4.78, 5) is 0. The summed E-state index contributed by atoms with van der Waals surface area (Å²) < 4.78 is 0. The molecule has 2 N–H and O–H groups in total. The first kappa shape index (κ1) is 17.9. The van der Waals surface area contributed by atoms with Crippen LogP contribution in [0.2, 0.25) is 0 Å². The van der Waals surface area contributed by atoms with E-state index in [9.17, 15) is 0 Å². The summed E-state index contributed by atoms with van der Waals surface area (Å²) in [6.45, 7) is 18.6. The van der Waals surface area contributed by atoms with Crippen molar-refractivity contribution >= 4 is 0 Å². The van der Waals surface area contributed by atoms with E-state index in [1.54, 1.807) is 0 Å². The van der Waals surface area contributed by atoms with Crippen LogP contribution in [0.25, 0.3) is 0 Å². The second kappa shape index (κ2) is 5.32. The molecule has 3 rings (SSSR count). The summed E-state index contributed by atoms with van der Waals surface area (Å²) in [7, 11) is 0. The Morgan fingerprint density at radius 3 is 1.12 bits per heavy atom. The fourth-order valence-electron chi connectivity index (χ4n) is 5.58. The number of rotatable bonds is 2. The molecule has 2 heteroatoms. The fraction of sp³-hybridized carbons (Fsp3) is 0.727. The SMILES string of the molecule is CC1(C)CC(c2ccc(C3CC(C)(C)NC3(C)C)cc2)C(C)(C)N1. The first-order valence-electron chi connectivity index (χ1n) is 9.50. The molecule has 0 aromatic heterocycles. The van der Waals surface area contributed by atoms with Gasteiger partial charge in [0.2, 0.25) is 0 Å². The summed E-state index contributed by atoms with van der Waals surface area (Å²) in [5.74, 6) is 1.15. The van der Waals surface area contributed by atoms with Gasteiger partial charge < -0.3 is 10.6 Å². The molecule has 2 fully saturated rings. The number of hydrogen-bond donors (Lipinski definition) is 2. The van der Waals surface area contributed by atoms with Crippen molar-refractivity contribution in [3.8, 4) is 0 Å². The Bertz CT molecular complexity index is 552. The van der Waals surface area contributed by atoms with Crippen molar-refractivity contribution in [1.82, 2.24) is 10.6 Å². The average Bonchev–Trinajstić information content (AvgIpc) is 2.76. The highest BCUT2D eigenvalue weighted by Crippen LogP contribution is 2.45. The summed E-state index contributed by atoms with van der Waals surface area (Å²) in [6.07, 6.45) is 2.39. The predicted octanol–water partition coefficient (Wildman–Crippen LogP) is 4.95. The van der Waals surface area contributed by atoms with Crippen LogP contribution < -0.4 is 10.6 Å². The van der Waals surface area contributed by atoms with Gasteiger partial charge in [-0.25, -0.2) is 0 Å². The van der Waals surface area contributed by atoms with Gasteiger partial charge in [0.1, 0.15) is 0 Å². The molecular weight excluding hydrogens is 292 g/mol. The second-order valence-corrected chi connectivity index (χ2v) is 10.6. The van der Waals surface area contributed by atoms with Crippen LogP contribution in [-0.2, 0) is 0 Å². The molecule has 134 valence electrons. The van der Waals surface area contributed by atoms with Crippen molar-refractivity contribution < 1.29 is 0 Å². The van der Waals surface area contributed by atoms with Crippen molar-refractivity contribution in [2.75, 3.05) is 0 Å². The van der Waals surface area contributed by atoms with Gasteiger partial charge in [0.25, 0.3) is 0 Å². The maximum absolute atomic E-state index is 3.80. The van der Waals surface area contributed by atoms with Crippen LogP contribution in [0, 0.1) is 0 Å². The van der Waals surface area contributed by atoms with Crippen molar-refractivity contribution in [3.05, 3.63) is 35.4 Å². The number of nitrogens with one attached hydrogen (secondary N) is 2. The summed E-state index contributed by atoms with van der Waals surface area (Å²) in [6, 6.07) is 9.52. The number of benzene rings is 1. The Morgan fingerprint density at radius 2 is 0.917 bits per heavy atom. The first-order valence-corrected chi connectivity index (χ1v) is 9.50. The van der Waals surface area contributed by atoms with E-state index >= 15 is 0 Å². The third kappa shape index (κ3) is 3.28. The Morgan fingerprint density at radius 1 is 0.625 bits per heavy atom. The maximum Gasteiger partial charge on any atom is 0.0199 e. The molecule has 0 radical (unpaired) electrons. The topological polar surface area (TPSA) is 24.1 Å². The zero-order valence-electron chi connectivity index (χ0n) is 16.9. The van der Waals surface area contributed by atoms with E-state index in [4.69, 9.17) is 0 Å². The van der Waals surface area contributed by atoms with Gasteiger partial charge in [-0.1, -0.05) is 24.3 Å². The van der Waals surface area contributed by atoms with E-state index < -0.39 is 0 Å². The molecule has 2 aliphatic rings. The van der Waals surface area contributed by atoms with E-state index in [0.717, 1.165) is 0 Å². The fourth-order valence-corrected chi connectivity index (χ4v) is 5.58. The molecule has 0 amide bonds. The highest BCUT2D eigenvalue weighted by molar-refractivity contribution is 5.34. The van der Waals surface area contributed by atoms with Crippen LogP contribution in [0.3, 0.4) is 0 Å². The maximum atomic E-state index is 3.80. The van der Waals surface area contributed by atoms with Crippen LogP contribution in [0.1, 0.15) is 91.2 Å². The number of hydrogen-bond acceptors (Lipinski definition) is 2. The van der Waals surface area contributed by atoms with Crippen molar-refractivity contribution in [2.45, 2.75) is 102 Å². The van der Waals surface area contributed by atoms with Gasteiger partial charge in [0.15, 0.2) is 0 Å². The lowest BCUT2D eigenvalue weighted by molar-refractivity contribution is 0.357. The summed E-state index contributed by atoms with van der Waals surface area (Å²) in [5, 5.41) is 7.60. The molecule has 2 atom stereocenters. The van der Waals surface area contributed by atoms with Crippen LogP contribution >= 0.6 is 0 Å². The molecule has 0 spiro atoms. The van der Waals surface area contributed by atoms with Crippen LogP contribution in [-0.4, -0.2) is 22.2 Å². The molecule has 2 unspecified atom stereocenters. The van der Waals surface area contributed by atoms with E-state index in [1.807, 2.05) is 0 Å². The zero-order chi connectivity index (χ0) is 18.0. The van der Waals surface area contributed by atoms with Crippen molar-refractivity contribution in [2.24, 2.45) is 0 Å². The lowest BCUT2D eigenvalue weighted by Crippen LogP contribution is -2.44. The van der Waals surface area contributed by atoms with Crippen molar-refractivity contribution in [1.29, 1.82) is 0 Å². The van der Waals surface area contributed by atoms with E-state index in [1.165, 1.54) is 24.0 Å². The molecule has 1 aromatic carbocycles. The molecule has 24 heavy (non-hydrogen) atoms. The van der Waals surface area contributed by atoms with Gasteiger partial charge in [-0.3, -0.25) is 0 Å².